The van der Waals surface area contributed by atoms with Crippen molar-refractivity contribution in [2.24, 2.45) is 0 Å². The van der Waals surface area contributed by atoms with Gasteiger partial charge in [-0.2, -0.15) is 0 Å². The predicted molar refractivity (Wildman–Crippen MR) is 80.9 cm³/mol. The van der Waals surface area contributed by atoms with Crippen LogP contribution >= 0.6 is 23.7 Å². The predicted octanol–water partition coefficient (Wildman–Crippen LogP) is 1.87. The Balaban J connectivity index is 0.00000324. The molecule has 0 aromatic carbocycles. The molecule has 2 N–H and O–H groups in total. The van der Waals surface area contributed by atoms with Crippen molar-refractivity contribution in [2.45, 2.75) is 45.6 Å². The summed E-state index contributed by atoms with van der Waals surface area (Å²) in [5.74, 6) is 0.0674. The molecule has 1 aromatic heterocycles. The third-order valence-corrected chi connectivity index (χ3v) is 3.72. The molecule has 7 heteroatoms. The summed E-state index contributed by atoms with van der Waals surface area (Å²) < 4.78 is 0. The van der Waals surface area contributed by atoms with Gasteiger partial charge in [-0.05, 0) is 20.0 Å². The Morgan fingerprint density at radius 1 is 1.32 bits per heavy atom. The van der Waals surface area contributed by atoms with Crippen LogP contribution in [0.1, 0.15) is 43.6 Å². The lowest BCUT2D eigenvalue weighted by Crippen LogP contribution is -2.23. The van der Waals surface area contributed by atoms with E-state index in [-0.39, 0.29) is 23.7 Å². The molecule has 0 saturated carbocycles. The zero-order valence-corrected chi connectivity index (χ0v) is 13.6. The van der Waals surface area contributed by atoms with Crippen molar-refractivity contribution in [1.29, 1.82) is 0 Å². The second kappa shape index (κ2) is 8.45. The normalized spacial score (nSPS) is 10.9. The van der Waals surface area contributed by atoms with Gasteiger partial charge in [0.05, 0.1) is 6.54 Å². The maximum absolute atomic E-state index is 11.5. The number of hydrogen-bond donors (Lipinski definition) is 2. The number of amides is 1. The maximum atomic E-state index is 11.5. The van der Waals surface area contributed by atoms with Crippen molar-refractivity contribution >= 4 is 29.7 Å². The van der Waals surface area contributed by atoms with Gasteiger partial charge >= 0.3 is 0 Å². The fourth-order valence-electron chi connectivity index (χ4n) is 1.32. The van der Waals surface area contributed by atoms with Gasteiger partial charge < -0.3 is 10.6 Å². The molecule has 0 aliphatic heterocycles. The van der Waals surface area contributed by atoms with Crippen molar-refractivity contribution in [2.75, 3.05) is 13.6 Å². The molecule has 1 rings (SSSR count). The van der Waals surface area contributed by atoms with Crippen LogP contribution in [0.4, 0.5) is 0 Å². The van der Waals surface area contributed by atoms with Crippen molar-refractivity contribution in [1.82, 2.24) is 20.8 Å². The summed E-state index contributed by atoms with van der Waals surface area (Å²) in [5, 5.41) is 16.0. The molecule has 1 amide bonds. The third kappa shape index (κ3) is 6.84. The molecule has 110 valence electrons. The van der Waals surface area contributed by atoms with Crippen LogP contribution in [0.2, 0.25) is 0 Å². The number of rotatable bonds is 6. The highest BCUT2D eigenvalue weighted by molar-refractivity contribution is 7.11. The first kappa shape index (κ1) is 18.3. The Hall–Kier alpha value is -0.720. The van der Waals surface area contributed by atoms with Gasteiger partial charge in [-0.1, -0.05) is 32.1 Å². The molecule has 0 saturated heterocycles. The molecule has 0 spiro atoms. The highest BCUT2D eigenvalue weighted by Crippen LogP contribution is 2.25. The molecule has 0 atom stereocenters. The molecule has 0 unspecified atom stereocenters. The molecule has 1 heterocycles. The highest BCUT2D eigenvalue weighted by atomic mass is 35.5. The van der Waals surface area contributed by atoms with Crippen LogP contribution in [0.15, 0.2) is 0 Å². The fraction of sp³-hybridized carbons (Fsp3) is 0.750. The third-order valence-electron chi connectivity index (χ3n) is 2.38. The van der Waals surface area contributed by atoms with Crippen LogP contribution < -0.4 is 10.6 Å². The summed E-state index contributed by atoms with van der Waals surface area (Å²) >= 11 is 1.56. The van der Waals surface area contributed by atoms with E-state index in [0.29, 0.717) is 13.0 Å². The molecule has 0 radical (unpaired) electrons. The summed E-state index contributed by atoms with van der Waals surface area (Å²) in [4.78, 5) is 11.5. The lowest BCUT2D eigenvalue weighted by Gasteiger charge is -2.12. The molecule has 0 bridgehead atoms. The van der Waals surface area contributed by atoms with Gasteiger partial charge in [-0.15, -0.1) is 22.6 Å². The van der Waals surface area contributed by atoms with E-state index in [2.05, 4.69) is 41.6 Å². The van der Waals surface area contributed by atoms with Gasteiger partial charge in [0.1, 0.15) is 10.0 Å². The standard InChI is InChI=1S/C12H22N4OS.ClH/c1-12(2,3)11-16-15-10(18-11)8-14-9(17)6-5-7-13-4;/h13H,5-8H2,1-4H3,(H,14,17);1H. The van der Waals surface area contributed by atoms with Gasteiger partial charge in [0.25, 0.3) is 0 Å². The topological polar surface area (TPSA) is 66.9 Å². The second-order valence-electron chi connectivity index (χ2n) is 5.23. The Bertz CT molecular complexity index is 389. The van der Waals surface area contributed by atoms with Crippen LogP contribution in [-0.2, 0) is 16.8 Å². The summed E-state index contributed by atoms with van der Waals surface area (Å²) in [6, 6.07) is 0. The van der Waals surface area contributed by atoms with E-state index in [1.807, 2.05) is 7.05 Å². The minimum absolute atomic E-state index is 0. The van der Waals surface area contributed by atoms with Crippen LogP contribution in [0.25, 0.3) is 0 Å². The first-order chi connectivity index (χ1) is 8.43. The number of hydrogen-bond acceptors (Lipinski definition) is 5. The van der Waals surface area contributed by atoms with Gasteiger partial charge in [-0.25, -0.2) is 0 Å². The van der Waals surface area contributed by atoms with Crippen molar-refractivity contribution in [3.05, 3.63) is 10.0 Å². The quantitative estimate of drug-likeness (QED) is 0.788. The lowest BCUT2D eigenvalue weighted by atomic mass is 9.98. The minimum atomic E-state index is 0. The Morgan fingerprint density at radius 3 is 2.53 bits per heavy atom. The van der Waals surface area contributed by atoms with Crippen molar-refractivity contribution in [3.8, 4) is 0 Å². The van der Waals surface area contributed by atoms with E-state index in [1.54, 1.807) is 11.3 Å². The maximum Gasteiger partial charge on any atom is 0.220 e. The Labute approximate surface area is 125 Å². The zero-order chi connectivity index (χ0) is 13.6. The number of carbonyl (C=O) groups is 1. The van der Waals surface area contributed by atoms with Gasteiger partial charge in [0.15, 0.2) is 0 Å². The van der Waals surface area contributed by atoms with Gasteiger partial charge in [0, 0.05) is 11.8 Å². The molecule has 19 heavy (non-hydrogen) atoms. The Morgan fingerprint density at radius 2 is 2.00 bits per heavy atom. The largest absolute Gasteiger partial charge is 0.350 e. The van der Waals surface area contributed by atoms with Crippen molar-refractivity contribution < 1.29 is 4.79 Å². The van der Waals surface area contributed by atoms with Crippen LogP contribution in [-0.4, -0.2) is 29.7 Å². The van der Waals surface area contributed by atoms with Crippen LogP contribution in [0.5, 0.6) is 0 Å². The number of halogens is 1. The van der Waals surface area contributed by atoms with E-state index in [4.69, 9.17) is 0 Å². The number of nitrogens with one attached hydrogen (secondary N) is 2. The molecular formula is C12H23ClN4OS. The van der Waals surface area contributed by atoms with Crippen LogP contribution in [0, 0.1) is 0 Å². The van der Waals surface area contributed by atoms with Crippen LogP contribution in [0.3, 0.4) is 0 Å². The second-order valence-corrected chi connectivity index (χ2v) is 6.30. The molecule has 0 fully saturated rings. The molecule has 0 aliphatic rings. The van der Waals surface area contributed by atoms with E-state index < -0.39 is 0 Å². The fourth-order valence-corrected chi connectivity index (χ4v) is 2.15. The lowest BCUT2D eigenvalue weighted by molar-refractivity contribution is -0.121. The summed E-state index contributed by atoms with van der Waals surface area (Å²) in [7, 11) is 1.88. The molecule has 1 aromatic rings. The first-order valence-corrected chi connectivity index (χ1v) is 6.99. The average molecular weight is 307 g/mol. The Kier molecular flexibility index (Phi) is 8.13. The van der Waals surface area contributed by atoms with Gasteiger partial charge in [-0.3, -0.25) is 4.79 Å². The number of carbonyl (C=O) groups excluding carboxylic acids is 1. The number of aromatic nitrogens is 2. The molecule has 5 nitrogen and oxygen atoms in total. The molecular weight excluding hydrogens is 284 g/mol. The average Bonchev–Trinajstić information content (AvgIpc) is 2.75. The minimum Gasteiger partial charge on any atom is -0.350 e. The van der Waals surface area contributed by atoms with E-state index >= 15 is 0 Å². The highest BCUT2D eigenvalue weighted by Gasteiger charge is 2.19. The summed E-state index contributed by atoms with van der Waals surface area (Å²) in [6.45, 7) is 7.65. The monoisotopic (exact) mass is 306 g/mol. The zero-order valence-electron chi connectivity index (χ0n) is 11.9. The van der Waals surface area contributed by atoms with E-state index in [9.17, 15) is 4.79 Å². The summed E-state index contributed by atoms with van der Waals surface area (Å²) in [5.41, 5.74) is 0.0206. The molecule has 0 aliphatic carbocycles. The smallest absolute Gasteiger partial charge is 0.220 e. The number of nitrogens with zero attached hydrogens (tertiary/aromatic N) is 2. The van der Waals surface area contributed by atoms with E-state index in [0.717, 1.165) is 23.0 Å². The van der Waals surface area contributed by atoms with E-state index in [1.165, 1.54) is 0 Å². The van der Waals surface area contributed by atoms with Crippen molar-refractivity contribution in [3.63, 3.8) is 0 Å². The van der Waals surface area contributed by atoms with Gasteiger partial charge in [0.2, 0.25) is 5.91 Å². The summed E-state index contributed by atoms with van der Waals surface area (Å²) in [6.07, 6.45) is 1.40. The first-order valence-electron chi connectivity index (χ1n) is 6.17. The SMILES string of the molecule is CNCCCC(=O)NCc1nnc(C(C)(C)C)s1.Cl.